The summed E-state index contributed by atoms with van der Waals surface area (Å²) in [6.45, 7) is 5.32. The predicted octanol–water partition coefficient (Wildman–Crippen LogP) is 1.13. The summed E-state index contributed by atoms with van der Waals surface area (Å²) >= 11 is 0. The van der Waals surface area contributed by atoms with Gasteiger partial charge in [-0.3, -0.25) is 0 Å². The molecule has 66 valence electrons. The highest BCUT2D eigenvalue weighted by Gasteiger charge is 2.61. The Bertz CT molecular complexity index is 142. The monoisotopic (exact) mass is 157 g/mol. The van der Waals surface area contributed by atoms with Crippen molar-refractivity contribution in [2.45, 2.75) is 33.1 Å². The van der Waals surface area contributed by atoms with E-state index in [0.29, 0.717) is 12.0 Å². The summed E-state index contributed by atoms with van der Waals surface area (Å²) in [5, 5.41) is 9.14. The van der Waals surface area contributed by atoms with E-state index in [0.717, 1.165) is 6.42 Å². The molecule has 1 aliphatic rings. The predicted molar refractivity (Wildman–Crippen MR) is 46.2 cm³/mol. The Morgan fingerprint density at radius 1 is 1.55 bits per heavy atom. The molecule has 2 atom stereocenters. The van der Waals surface area contributed by atoms with Crippen LogP contribution in [0.15, 0.2) is 0 Å². The number of rotatable bonds is 4. The molecule has 1 rings (SSSR count). The van der Waals surface area contributed by atoms with Crippen molar-refractivity contribution in [2.75, 3.05) is 13.2 Å². The van der Waals surface area contributed by atoms with Gasteiger partial charge in [-0.2, -0.15) is 0 Å². The SMILES string of the molecule is CCCC1(C)CC1(CN)CO. The van der Waals surface area contributed by atoms with Crippen molar-refractivity contribution < 1.29 is 5.11 Å². The molecule has 0 bridgehead atoms. The van der Waals surface area contributed by atoms with Crippen LogP contribution in [0.5, 0.6) is 0 Å². The number of hydrogen-bond acceptors (Lipinski definition) is 2. The summed E-state index contributed by atoms with van der Waals surface area (Å²) in [4.78, 5) is 0. The highest BCUT2D eigenvalue weighted by Crippen LogP contribution is 2.65. The molecule has 2 nitrogen and oxygen atoms in total. The lowest BCUT2D eigenvalue weighted by atomic mass is 9.91. The molecule has 0 amide bonds. The van der Waals surface area contributed by atoms with Gasteiger partial charge in [0.15, 0.2) is 0 Å². The quantitative estimate of drug-likeness (QED) is 0.642. The molecule has 1 saturated carbocycles. The molecule has 1 fully saturated rings. The van der Waals surface area contributed by atoms with Crippen LogP contribution in [0.3, 0.4) is 0 Å². The van der Waals surface area contributed by atoms with Crippen molar-refractivity contribution in [3.05, 3.63) is 0 Å². The van der Waals surface area contributed by atoms with Crippen molar-refractivity contribution in [3.8, 4) is 0 Å². The maximum atomic E-state index is 9.14. The lowest BCUT2D eigenvalue weighted by Gasteiger charge is -2.18. The third kappa shape index (κ3) is 1.18. The van der Waals surface area contributed by atoms with Crippen LogP contribution < -0.4 is 5.73 Å². The molecule has 0 radical (unpaired) electrons. The Morgan fingerprint density at radius 3 is 2.45 bits per heavy atom. The van der Waals surface area contributed by atoms with Gasteiger partial charge >= 0.3 is 0 Å². The van der Waals surface area contributed by atoms with Gasteiger partial charge in [-0.25, -0.2) is 0 Å². The summed E-state index contributed by atoms with van der Waals surface area (Å²) in [6, 6.07) is 0. The van der Waals surface area contributed by atoms with Crippen LogP contribution in [0.25, 0.3) is 0 Å². The fourth-order valence-electron chi connectivity index (χ4n) is 2.24. The van der Waals surface area contributed by atoms with Gasteiger partial charge in [0.2, 0.25) is 0 Å². The fourth-order valence-corrected chi connectivity index (χ4v) is 2.24. The Kier molecular flexibility index (Phi) is 2.26. The van der Waals surface area contributed by atoms with Crippen LogP contribution >= 0.6 is 0 Å². The molecule has 11 heavy (non-hydrogen) atoms. The van der Waals surface area contributed by atoms with Gasteiger partial charge in [0.25, 0.3) is 0 Å². The molecular weight excluding hydrogens is 138 g/mol. The molecule has 2 heteroatoms. The number of aliphatic hydroxyl groups is 1. The first-order valence-electron chi connectivity index (χ1n) is 4.45. The fraction of sp³-hybridized carbons (Fsp3) is 1.00. The van der Waals surface area contributed by atoms with E-state index >= 15 is 0 Å². The van der Waals surface area contributed by atoms with Gasteiger partial charge in [0.1, 0.15) is 0 Å². The first-order chi connectivity index (χ1) is 5.14. The molecule has 0 spiro atoms. The Hall–Kier alpha value is -0.0800. The zero-order valence-corrected chi connectivity index (χ0v) is 7.56. The zero-order chi connectivity index (χ0) is 8.54. The first-order valence-corrected chi connectivity index (χ1v) is 4.45. The number of hydrogen-bond donors (Lipinski definition) is 2. The van der Waals surface area contributed by atoms with Crippen LogP contribution in [0.4, 0.5) is 0 Å². The second-order valence-corrected chi connectivity index (χ2v) is 4.13. The zero-order valence-electron chi connectivity index (χ0n) is 7.56. The van der Waals surface area contributed by atoms with Crippen molar-refractivity contribution in [1.29, 1.82) is 0 Å². The van der Waals surface area contributed by atoms with E-state index in [2.05, 4.69) is 13.8 Å². The third-order valence-electron chi connectivity index (χ3n) is 3.38. The second kappa shape index (κ2) is 2.76. The van der Waals surface area contributed by atoms with Gasteiger partial charge in [-0.05, 0) is 18.3 Å². The average molecular weight is 157 g/mol. The van der Waals surface area contributed by atoms with E-state index in [4.69, 9.17) is 10.8 Å². The van der Waals surface area contributed by atoms with Crippen LogP contribution in [0.1, 0.15) is 33.1 Å². The maximum Gasteiger partial charge on any atom is 0.0504 e. The van der Waals surface area contributed by atoms with Gasteiger partial charge in [0.05, 0.1) is 6.61 Å². The molecule has 1 aliphatic carbocycles. The number of aliphatic hydroxyl groups excluding tert-OH is 1. The van der Waals surface area contributed by atoms with Crippen molar-refractivity contribution in [1.82, 2.24) is 0 Å². The maximum absolute atomic E-state index is 9.14. The van der Waals surface area contributed by atoms with Crippen molar-refractivity contribution in [3.63, 3.8) is 0 Å². The van der Waals surface area contributed by atoms with E-state index in [1.165, 1.54) is 12.8 Å². The first kappa shape index (κ1) is 9.01. The normalized spacial score (nSPS) is 42.5. The van der Waals surface area contributed by atoms with Crippen LogP contribution in [-0.2, 0) is 0 Å². The lowest BCUT2D eigenvalue weighted by molar-refractivity contribution is 0.176. The van der Waals surface area contributed by atoms with Crippen molar-refractivity contribution in [2.24, 2.45) is 16.6 Å². The van der Waals surface area contributed by atoms with E-state index in [1.807, 2.05) is 0 Å². The van der Waals surface area contributed by atoms with E-state index in [-0.39, 0.29) is 12.0 Å². The van der Waals surface area contributed by atoms with Crippen molar-refractivity contribution >= 4 is 0 Å². The second-order valence-electron chi connectivity index (χ2n) is 4.13. The molecule has 0 aromatic carbocycles. The Morgan fingerprint density at radius 2 is 2.18 bits per heavy atom. The highest BCUT2D eigenvalue weighted by molar-refractivity contribution is 5.11. The minimum Gasteiger partial charge on any atom is -0.396 e. The summed E-state index contributed by atoms with van der Waals surface area (Å²) in [5.74, 6) is 0. The molecule has 0 aliphatic heterocycles. The van der Waals surface area contributed by atoms with Gasteiger partial charge in [-0.1, -0.05) is 20.3 Å². The minimum atomic E-state index is 0.0724. The topological polar surface area (TPSA) is 46.2 Å². The highest BCUT2D eigenvalue weighted by atomic mass is 16.3. The molecule has 0 saturated heterocycles. The lowest BCUT2D eigenvalue weighted by Crippen LogP contribution is -2.25. The molecule has 0 aromatic heterocycles. The Balaban J connectivity index is 2.53. The summed E-state index contributed by atoms with van der Waals surface area (Å²) in [6.07, 6.45) is 3.50. The Labute approximate surface area is 68.8 Å². The number of nitrogens with two attached hydrogens (primary N) is 1. The van der Waals surface area contributed by atoms with Crippen LogP contribution in [0, 0.1) is 10.8 Å². The van der Waals surface area contributed by atoms with Crippen LogP contribution in [-0.4, -0.2) is 18.3 Å². The van der Waals surface area contributed by atoms with Gasteiger partial charge in [0, 0.05) is 12.0 Å². The standard InChI is InChI=1S/C9H19NO/c1-3-4-8(2)5-9(8,6-10)7-11/h11H,3-7,10H2,1-2H3. The molecule has 2 unspecified atom stereocenters. The summed E-state index contributed by atoms with van der Waals surface area (Å²) < 4.78 is 0. The van der Waals surface area contributed by atoms with Gasteiger partial charge in [-0.15, -0.1) is 0 Å². The molecule has 3 N–H and O–H groups in total. The van der Waals surface area contributed by atoms with Gasteiger partial charge < -0.3 is 10.8 Å². The van der Waals surface area contributed by atoms with E-state index in [1.54, 1.807) is 0 Å². The smallest absolute Gasteiger partial charge is 0.0504 e. The molecule has 0 aromatic rings. The molecule has 0 heterocycles. The summed E-state index contributed by atoms with van der Waals surface area (Å²) in [7, 11) is 0. The third-order valence-corrected chi connectivity index (χ3v) is 3.38. The minimum absolute atomic E-state index is 0.0724. The summed E-state index contributed by atoms with van der Waals surface area (Å²) in [5.41, 5.74) is 6.04. The largest absolute Gasteiger partial charge is 0.396 e. The molecular formula is C9H19NO. The average Bonchev–Trinajstić information content (AvgIpc) is 2.58. The van der Waals surface area contributed by atoms with Crippen LogP contribution in [0.2, 0.25) is 0 Å². The van der Waals surface area contributed by atoms with E-state index < -0.39 is 0 Å². The van der Waals surface area contributed by atoms with E-state index in [9.17, 15) is 0 Å².